The van der Waals surface area contributed by atoms with E-state index in [0.29, 0.717) is 0 Å². The first-order valence-corrected chi connectivity index (χ1v) is 9.14. The van der Waals surface area contributed by atoms with Crippen molar-refractivity contribution in [2.45, 2.75) is 58.2 Å². The highest BCUT2D eigenvalue weighted by Crippen LogP contribution is 2.30. The highest BCUT2D eigenvalue weighted by Gasteiger charge is 2.50. The zero-order valence-corrected chi connectivity index (χ0v) is 18.1. The monoisotopic (exact) mass is 446 g/mol. The Morgan fingerprint density at radius 3 is 1.94 bits per heavy atom. The van der Waals surface area contributed by atoms with E-state index in [1.54, 1.807) is 0 Å². The van der Waals surface area contributed by atoms with Crippen molar-refractivity contribution in [2.24, 2.45) is 0 Å². The average Bonchev–Trinajstić information content (AvgIpc) is 2.65. The molecule has 174 valence electrons. The first kappa shape index (κ1) is 25.9. The Balaban J connectivity index is 3.55. The van der Waals surface area contributed by atoms with Crippen molar-refractivity contribution in [3.05, 3.63) is 11.8 Å². The van der Waals surface area contributed by atoms with Gasteiger partial charge in [-0.1, -0.05) is 0 Å². The van der Waals surface area contributed by atoms with Crippen LogP contribution in [0.5, 0.6) is 0 Å². The van der Waals surface area contributed by atoms with Crippen LogP contribution in [0, 0.1) is 0 Å². The van der Waals surface area contributed by atoms with E-state index in [4.69, 9.17) is 28.4 Å². The summed E-state index contributed by atoms with van der Waals surface area (Å²) in [6, 6.07) is 0. The molecule has 0 fully saturated rings. The number of esters is 5. The summed E-state index contributed by atoms with van der Waals surface area (Å²) >= 11 is 0. The molecule has 0 bridgehead atoms. The van der Waals surface area contributed by atoms with Crippen molar-refractivity contribution < 1.29 is 57.1 Å². The van der Waals surface area contributed by atoms with Gasteiger partial charge < -0.3 is 33.2 Å². The Hall–Kier alpha value is -3.15. The summed E-state index contributed by atoms with van der Waals surface area (Å²) in [5.41, 5.74) is 0. The van der Waals surface area contributed by atoms with Gasteiger partial charge in [0.05, 0.1) is 13.7 Å². The third-order valence-corrected chi connectivity index (χ3v) is 3.86. The van der Waals surface area contributed by atoms with Crippen LogP contribution < -0.4 is 0 Å². The molecule has 12 heteroatoms. The maximum absolute atomic E-state index is 12.1. The van der Waals surface area contributed by atoms with Gasteiger partial charge in [0.2, 0.25) is 5.76 Å². The fourth-order valence-electron chi connectivity index (χ4n) is 2.89. The second-order valence-electron chi connectivity index (χ2n) is 6.43. The van der Waals surface area contributed by atoms with E-state index in [0.717, 1.165) is 40.9 Å². The molecule has 0 aromatic carbocycles. The molecule has 0 spiro atoms. The third-order valence-electron chi connectivity index (χ3n) is 3.86. The van der Waals surface area contributed by atoms with Crippen molar-refractivity contribution in [3.63, 3.8) is 0 Å². The smallest absolute Gasteiger partial charge is 0.373 e. The third kappa shape index (κ3) is 7.89. The van der Waals surface area contributed by atoms with Crippen molar-refractivity contribution in [3.8, 4) is 0 Å². The molecule has 1 rings (SSSR count). The molecule has 0 aliphatic carbocycles. The molecule has 12 nitrogen and oxygen atoms in total. The highest BCUT2D eigenvalue weighted by atomic mass is 16.6. The molecular formula is C19H26O12. The van der Waals surface area contributed by atoms with Gasteiger partial charge in [0.1, 0.15) is 0 Å². The summed E-state index contributed by atoms with van der Waals surface area (Å²) in [6.45, 7) is 4.19. The number of rotatable bonds is 9. The fourth-order valence-corrected chi connectivity index (χ4v) is 2.89. The van der Waals surface area contributed by atoms with Crippen LogP contribution in [0.1, 0.15) is 27.7 Å². The average molecular weight is 446 g/mol. The zero-order valence-electron chi connectivity index (χ0n) is 18.1. The van der Waals surface area contributed by atoms with Crippen LogP contribution >= 0.6 is 0 Å². The summed E-state index contributed by atoms with van der Waals surface area (Å²) in [6.07, 6.45) is -5.64. The molecule has 1 aliphatic heterocycles. The number of hydrogen-bond donors (Lipinski definition) is 0. The van der Waals surface area contributed by atoms with Gasteiger partial charge in [0.15, 0.2) is 30.5 Å². The number of carbonyl (C=O) groups excluding carboxylic acids is 5. The van der Waals surface area contributed by atoms with Gasteiger partial charge in [0.25, 0.3) is 0 Å². The largest absolute Gasteiger partial charge is 0.475 e. The van der Waals surface area contributed by atoms with Crippen LogP contribution in [0.2, 0.25) is 0 Å². The van der Waals surface area contributed by atoms with Crippen molar-refractivity contribution in [2.75, 3.05) is 20.8 Å². The van der Waals surface area contributed by atoms with Gasteiger partial charge >= 0.3 is 29.8 Å². The first-order valence-electron chi connectivity index (χ1n) is 9.14. The van der Waals surface area contributed by atoms with E-state index < -0.39 is 66.1 Å². The standard InChI is InChI=1S/C19H26O12/c1-9(20)27-13-7-14(19(24)26-6)31-18(16(13)29-11(3)22)17(30-12(4)23)15(8-25-5)28-10(2)21/h7,13,15-18H,8H2,1-6H3/t13-,15+,16+,17+,18+/m0/s1. The van der Waals surface area contributed by atoms with E-state index in [1.807, 2.05) is 0 Å². The quantitative estimate of drug-likeness (QED) is 0.341. The van der Waals surface area contributed by atoms with Gasteiger partial charge in [0, 0.05) is 40.9 Å². The van der Waals surface area contributed by atoms with Gasteiger partial charge in [-0.3, -0.25) is 19.2 Å². The van der Waals surface area contributed by atoms with Gasteiger partial charge in [-0.05, 0) is 0 Å². The van der Waals surface area contributed by atoms with Gasteiger partial charge in [-0.15, -0.1) is 0 Å². The predicted octanol–water partition coefficient (Wildman–Crippen LogP) is -0.185. The summed E-state index contributed by atoms with van der Waals surface area (Å²) < 4.78 is 36.2. The molecule has 31 heavy (non-hydrogen) atoms. The molecular weight excluding hydrogens is 420 g/mol. The highest BCUT2D eigenvalue weighted by molar-refractivity contribution is 5.86. The van der Waals surface area contributed by atoms with Crippen molar-refractivity contribution >= 4 is 29.8 Å². The molecule has 1 heterocycles. The normalized spacial score (nSPS) is 22.0. The van der Waals surface area contributed by atoms with Crippen LogP contribution in [0.15, 0.2) is 11.8 Å². The Morgan fingerprint density at radius 2 is 1.48 bits per heavy atom. The van der Waals surface area contributed by atoms with E-state index in [2.05, 4.69) is 4.74 Å². The second kappa shape index (κ2) is 11.9. The van der Waals surface area contributed by atoms with Crippen LogP contribution in [0.3, 0.4) is 0 Å². The molecule has 0 radical (unpaired) electrons. The molecule has 1 aliphatic rings. The number of ether oxygens (including phenoxy) is 7. The lowest BCUT2D eigenvalue weighted by atomic mass is 9.95. The SMILES string of the molecule is COC[C@@H](OC(C)=O)[C@@H](OC(C)=O)[C@@H]1OC(C(=O)OC)=C[C@H](OC(C)=O)[C@H]1OC(C)=O. The minimum atomic E-state index is -1.43. The summed E-state index contributed by atoms with van der Waals surface area (Å²) in [4.78, 5) is 58.8. The topological polar surface area (TPSA) is 150 Å². The summed E-state index contributed by atoms with van der Waals surface area (Å²) in [5.74, 6) is -4.36. The minimum Gasteiger partial charge on any atom is -0.475 e. The van der Waals surface area contributed by atoms with E-state index in [-0.39, 0.29) is 6.61 Å². The maximum Gasteiger partial charge on any atom is 0.373 e. The summed E-state index contributed by atoms with van der Waals surface area (Å²) in [7, 11) is 2.41. The lowest BCUT2D eigenvalue weighted by Crippen LogP contribution is -2.57. The minimum absolute atomic E-state index is 0.236. The Bertz CT molecular complexity index is 727. The van der Waals surface area contributed by atoms with Crippen LogP contribution in [-0.2, 0) is 57.1 Å². The number of hydrogen-bond acceptors (Lipinski definition) is 12. The van der Waals surface area contributed by atoms with Crippen LogP contribution in [0.25, 0.3) is 0 Å². The fraction of sp³-hybridized carbons (Fsp3) is 0.632. The molecule has 0 amide bonds. The number of carbonyl (C=O) groups is 5. The van der Waals surface area contributed by atoms with Gasteiger partial charge in [-0.2, -0.15) is 0 Å². The molecule has 0 aromatic rings. The van der Waals surface area contributed by atoms with Crippen molar-refractivity contribution in [1.29, 1.82) is 0 Å². The molecule has 0 unspecified atom stereocenters. The lowest BCUT2D eigenvalue weighted by molar-refractivity contribution is -0.209. The Morgan fingerprint density at radius 1 is 0.903 bits per heavy atom. The zero-order chi connectivity index (χ0) is 23.7. The molecule has 5 atom stereocenters. The van der Waals surface area contributed by atoms with E-state index >= 15 is 0 Å². The van der Waals surface area contributed by atoms with E-state index in [1.165, 1.54) is 7.11 Å². The summed E-state index contributed by atoms with van der Waals surface area (Å²) in [5, 5.41) is 0. The van der Waals surface area contributed by atoms with E-state index in [9.17, 15) is 24.0 Å². The van der Waals surface area contributed by atoms with Crippen LogP contribution in [-0.4, -0.2) is 81.2 Å². The molecule has 0 saturated heterocycles. The lowest BCUT2D eigenvalue weighted by Gasteiger charge is -2.40. The predicted molar refractivity (Wildman–Crippen MR) is 99.1 cm³/mol. The number of methoxy groups -OCH3 is 2. The van der Waals surface area contributed by atoms with Gasteiger partial charge in [-0.25, -0.2) is 4.79 Å². The maximum atomic E-state index is 12.1. The Kier molecular flexibility index (Phi) is 9.93. The molecule has 0 aromatic heterocycles. The first-order chi connectivity index (χ1) is 14.5. The van der Waals surface area contributed by atoms with Crippen LogP contribution in [0.4, 0.5) is 0 Å². The second-order valence-corrected chi connectivity index (χ2v) is 6.43. The Labute approximate surface area is 178 Å². The molecule has 0 N–H and O–H groups in total. The van der Waals surface area contributed by atoms with Crippen molar-refractivity contribution in [1.82, 2.24) is 0 Å². The molecule has 0 saturated carbocycles.